The molecule has 0 heterocycles. The molecular formula is C27H8Cl2F8N6O6. The quantitative estimate of drug-likeness (QED) is 0.214. The number of ether oxygens (including phenoxy) is 2. The van der Waals surface area contributed by atoms with E-state index in [1.54, 1.807) is 0 Å². The van der Waals surface area contributed by atoms with Gasteiger partial charge in [0.25, 0.3) is 0 Å². The Balaban J connectivity index is 0.000000715. The average Bonchev–Trinajstić information content (AvgIpc) is 3.05. The van der Waals surface area contributed by atoms with E-state index >= 15 is 0 Å². The first-order valence-electron chi connectivity index (χ1n) is 11.1. The first-order valence-corrected chi connectivity index (χ1v) is 11.8. The summed E-state index contributed by atoms with van der Waals surface area (Å²) in [7, 11) is 0. The molecule has 0 aromatic heterocycles. The molecule has 0 radical (unpaired) electrons. The summed E-state index contributed by atoms with van der Waals surface area (Å²) >= 11 is 10.8. The lowest BCUT2D eigenvalue weighted by Crippen LogP contribution is -2.18. The van der Waals surface area contributed by atoms with E-state index in [0.717, 1.165) is 12.1 Å². The van der Waals surface area contributed by atoms with Crippen LogP contribution in [0.4, 0.5) is 35.1 Å². The first-order chi connectivity index (χ1) is 22.4. The highest BCUT2D eigenvalue weighted by atomic mass is 35.5. The fourth-order valence-corrected chi connectivity index (χ4v) is 3.36. The molecule has 1 aliphatic carbocycles. The zero-order chi connectivity index (χ0) is 37.2. The van der Waals surface area contributed by atoms with Gasteiger partial charge in [-0.15, -0.1) is 0 Å². The molecule has 12 nitrogen and oxygen atoms in total. The van der Waals surface area contributed by atoms with Gasteiger partial charge in [0, 0.05) is 0 Å². The molecule has 0 saturated carbocycles. The van der Waals surface area contributed by atoms with Crippen molar-refractivity contribution in [1.82, 2.24) is 0 Å². The summed E-state index contributed by atoms with van der Waals surface area (Å²) in [6.45, 7) is -7.24. The van der Waals surface area contributed by atoms with Crippen molar-refractivity contribution in [2.45, 2.75) is 20.6 Å². The fourth-order valence-electron chi connectivity index (χ4n) is 3.00. The summed E-state index contributed by atoms with van der Waals surface area (Å²) in [5, 5.41) is 68.0. The molecular weight excluding hydrogens is 727 g/mol. The zero-order valence-corrected chi connectivity index (χ0v) is 23.7. The van der Waals surface area contributed by atoms with Crippen LogP contribution in [0.5, 0.6) is 23.0 Å². The normalized spacial score (nSPS) is 11.6. The number of nitrogens with zero attached hydrogens (tertiary/aromatic N) is 6. The Morgan fingerprint density at radius 2 is 0.796 bits per heavy atom. The van der Waals surface area contributed by atoms with E-state index in [2.05, 4.69) is 9.47 Å². The lowest BCUT2D eigenvalue weighted by Gasteiger charge is -2.13. The van der Waals surface area contributed by atoms with Crippen molar-refractivity contribution in [1.29, 1.82) is 31.6 Å². The van der Waals surface area contributed by atoms with Gasteiger partial charge >= 0.3 is 13.2 Å². The van der Waals surface area contributed by atoms with Crippen molar-refractivity contribution in [2.75, 3.05) is 0 Å². The predicted octanol–water partition coefficient (Wildman–Crippen LogP) is 5.84. The minimum atomic E-state index is -3.62. The Kier molecular flexibility index (Phi) is 15.5. The maximum absolute atomic E-state index is 13.4. The third-order valence-corrected chi connectivity index (χ3v) is 5.83. The number of carbonyl (C=O) groups excluding carboxylic acids is 2. The first kappa shape index (κ1) is 42.4. The van der Waals surface area contributed by atoms with Gasteiger partial charge in [-0.05, 0) is 0 Å². The maximum atomic E-state index is 13.4. The number of hydrogen-bond donors (Lipinski definition) is 2. The third-order valence-electron chi connectivity index (χ3n) is 5.01. The average molecular weight is 735 g/mol. The highest BCUT2D eigenvalue weighted by molar-refractivity contribution is 6.59. The van der Waals surface area contributed by atoms with Gasteiger partial charge in [-0.2, -0.15) is 66.7 Å². The van der Waals surface area contributed by atoms with Gasteiger partial charge in [0.15, 0.2) is 23.0 Å². The second kappa shape index (κ2) is 17.9. The number of hydrogen-bond acceptors (Lipinski definition) is 12. The molecule has 2 aromatic rings. The molecule has 0 amide bonds. The van der Waals surface area contributed by atoms with Gasteiger partial charge in [0.1, 0.15) is 79.9 Å². The van der Waals surface area contributed by atoms with Crippen LogP contribution in [-0.2, 0) is 9.59 Å². The third kappa shape index (κ3) is 8.82. The zero-order valence-electron chi connectivity index (χ0n) is 22.1. The summed E-state index contributed by atoms with van der Waals surface area (Å²) in [4.78, 5) is 22.4. The van der Waals surface area contributed by atoms with Crippen LogP contribution in [0.3, 0.4) is 0 Å². The standard InChI is InChI=1S/C10H2F6N2O2.C8Cl2N2O2.C8H2F2N2O2.CH4/c11-5-6(12)8(20-10(15)16)4(2-18)3(1-17)7(5)19-9(13)14;2*9-5-6(10)8(14)4(2-12)3(1-11)7(5)13;/h9-10H;;13-14H;1H4. The summed E-state index contributed by atoms with van der Waals surface area (Å²) in [5.41, 5.74) is -5.06. The Labute approximate surface area is 277 Å². The molecule has 0 spiro atoms. The molecule has 49 heavy (non-hydrogen) atoms. The lowest BCUT2D eigenvalue weighted by atomic mass is 9.96. The molecule has 3 rings (SSSR count). The van der Waals surface area contributed by atoms with Crippen LogP contribution in [0.2, 0.25) is 0 Å². The number of carbonyl (C=O) groups is 2. The Morgan fingerprint density at radius 3 is 1.00 bits per heavy atom. The van der Waals surface area contributed by atoms with E-state index in [9.17, 15) is 44.7 Å². The second-order valence-corrected chi connectivity index (χ2v) is 8.33. The number of benzene rings is 2. The van der Waals surface area contributed by atoms with Gasteiger partial charge in [-0.25, -0.2) is 0 Å². The number of nitriles is 6. The SMILES string of the molecule is C.N#CC1=C(C#N)C(=O)C(Cl)=C(Cl)C1=O.N#Cc1c(C#N)c(OC(F)F)c(F)c(F)c1OC(F)F.N#Cc1c(O)c(F)c(F)c(O)c1C#N. The van der Waals surface area contributed by atoms with Crippen molar-refractivity contribution in [2.24, 2.45) is 0 Å². The fraction of sp³-hybridized carbons (Fsp3) is 0.111. The van der Waals surface area contributed by atoms with E-state index in [1.165, 1.54) is 24.3 Å². The summed E-state index contributed by atoms with van der Waals surface area (Å²) < 4.78 is 108. The number of phenols is 2. The maximum Gasteiger partial charge on any atom is 0.387 e. The van der Waals surface area contributed by atoms with Crippen molar-refractivity contribution in [3.05, 3.63) is 66.7 Å². The molecule has 252 valence electrons. The Morgan fingerprint density at radius 1 is 0.531 bits per heavy atom. The number of ketones is 2. The Bertz CT molecular complexity index is 1910. The van der Waals surface area contributed by atoms with E-state index in [0.29, 0.717) is 0 Å². The number of allylic oxidation sites excluding steroid dienone is 4. The molecule has 1 aliphatic rings. The molecule has 0 saturated heterocycles. The van der Waals surface area contributed by atoms with E-state index in [4.69, 9.17) is 65.0 Å². The highest BCUT2D eigenvalue weighted by Crippen LogP contribution is 2.38. The number of Topliss-reactive ketones (excluding diaryl/α,β-unsaturated/α-hetero) is 2. The van der Waals surface area contributed by atoms with E-state index in [-0.39, 0.29) is 7.43 Å². The molecule has 0 aliphatic heterocycles. The van der Waals surface area contributed by atoms with Gasteiger partial charge in [-0.1, -0.05) is 30.6 Å². The largest absolute Gasteiger partial charge is 0.504 e. The number of aromatic hydroxyl groups is 2. The van der Waals surface area contributed by atoms with Crippen molar-refractivity contribution < 1.29 is 64.4 Å². The molecule has 2 N–H and O–H groups in total. The molecule has 0 unspecified atom stereocenters. The summed E-state index contributed by atoms with van der Waals surface area (Å²) in [6, 6.07) is 7.64. The Hall–Kier alpha value is -6.58. The van der Waals surface area contributed by atoms with Crippen molar-refractivity contribution in [3.63, 3.8) is 0 Å². The van der Waals surface area contributed by atoms with Crippen LogP contribution in [0.1, 0.15) is 29.7 Å². The lowest BCUT2D eigenvalue weighted by molar-refractivity contribution is -0.115. The number of alkyl halides is 4. The van der Waals surface area contributed by atoms with Crippen molar-refractivity contribution >= 4 is 34.8 Å². The van der Waals surface area contributed by atoms with Crippen LogP contribution < -0.4 is 9.47 Å². The van der Waals surface area contributed by atoms with Crippen LogP contribution >= 0.6 is 23.2 Å². The monoisotopic (exact) mass is 734 g/mol. The molecule has 0 atom stereocenters. The van der Waals surface area contributed by atoms with Crippen LogP contribution in [-0.4, -0.2) is 35.0 Å². The summed E-state index contributed by atoms with van der Waals surface area (Å²) in [6.07, 6.45) is 0. The van der Waals surface area contributed by atoms with Crippen LogP contribution in [0, 0.1) is 91.3 Å². The molecule has 0 fully saturated rings. The highest BCUT2D eigenvalue weighted by Gasteiger charge is 2.33. The van der Waals surface area contributed by atoms with Crippen LogP contribution in [0.15, 0.2) is 21.2 Å². The summed E-state index contributed by atoms with van der Waals surface area (Å²) in [5.74, 6) is -15.2. The van der Waals surface area contributed by atoms with Crippen molar-refractivity contribution in [3.8, 4) is 59.4 Å². The van der Waals surface area contributed by atoms with Crippen LogP contribution in [0.25, 0.3) is 0 Å². The number of phenolic OH excluding ortho intramolecular Hbond substituents is 2. The molecule has 22 heteroatoms. The molecule has 2 aromatic carbocycles. The van der Waals surface area contributed by atoms with E-state index in [1.807, 2.05) is 0 Å². The topological polar surface area (TPSA) is 236 Å². The van der Waals surface area contributed by atoms with Gasteiger partial charge in [0.2, 0.25) is 34.8 Å². The minimum Gasteiger partial charge on any atom is -0.504 e. The minimum absolute atomic E-state index is 0. The van der Waals surface area contributed by atoms with Gasteiger partial charge in [0.05, 0.1) is 0 Å². The number of halogens is 10. The van der Waals surface area contributed by atoms with Gasteiger partial charge < -0.3 is 19.7 Å². The van der Waals surface area contributed by atoms with E-state index < -0.39 is 115 Å². The predicted molar refractivity (Wildman–Crippen MR) is 142 cm³/mol. The second-order valence-electron chi connectivity index (χ2n) is 7.58. The number of rotatable bonds is 4. The molecule has 0 bridgehead atoms. The smallest absolute Gasteiger partial charge is 0.387 e. The van der Waals surface area contributed by atoms with Gasteiger partial charge in [-0.3, -0.25) is 9.59 Å².